The Bertz CT molecular complexity index is 762. The van der Waals surface area contributed by atoms with Gasteiger partial charge in [-0.1, -0.05) is 35.9 Å². The van der Waals surface area contributed by atoms with E-state index in [9.17, 15) is 9.59 Å². The van der Waals surface area contributed by atoms with E-state index in [1.54, 1.807) is 24.3 Å². The molecular formula is C19H21ClN2O3. The van der Waals surface area contributed by atoms with E-state index in [2.05, 4.69) is 5.32 Å². The van der Waals surface area contributed by atoms with E-state index in [4.69, 9.17) is 16.3 Å². The van der Waals surface area contributed by atoms with Crippen molar-refractivity contribution >= 4 is 29.2 Å². The minimum atomic E-state index is -0.538. The largest absolute Gasteiger partial charge is 0.452 e. The lowest BCUT2D eigenvalue weighted by Gasteiger charge is -2.16. The number of nitrogens with one attached hydrogen (secondary N) is 1. The van der Waals surface area contributed by atoms with Gasteiger partial charge in [0, 0.05) is 24.8 Å². The lowest BCUT2D eigenvalue weighted by Crippen LogP contribution is -2.31. The van der Waals surface area contributed by atoms with E-state index < -0.39 is 5.97 Å². The van der Waals surface area contributed by atoms with E-state index in [0.29, 0.717) is 10.6 Å². The van der Waals surface area contributed by atoms with Crippen LogP contribution in [-0.4, -0.2) is 32.6 Å². The first-order chi connectivity index (χ1) is 11.9. The van der Waals surface area contributed by atoms with Crippen LogP contribution >= 0.6 is 11.6 Å². The maximum atomic E-state index is 12.1. The summed E-state index contributed by atoms with van der Waals surface area (Å²) >= 11 is 6.11. The molecule has 1 amide bonds. The highest BCUT2D eigenvalue weighted by Crippen LogP contribution is 2.22. The quantitative estimate of drug-likeness (QED) is 0.802. The summed E-state index contributed by atoms with van der Waals surface area (Å²) in [5, 5.41) is 3.34. The highest BCUT2D eigenvalue weighted by molar-refractivity contribution is 6.31. The van der Waals surface area contributed by atoms with Gasteiger partial charge in [0.05, 0.1) is 11.6 Å². The highest BCUT2D eigenvalue weighted by atomic mass is 35.5. The molecule has 0 aliphatic heterocycles. The predicted molar refractivity (Wildman–Crippen MR) is 99.1 cm³/mol. The topological polar surface area (TPSA) is 58.6 Å². The number of rotatable bonds is 6. The SMILES string of the molecule is C[C@@H](NC(=O)COC(=O)c1cccc(N(C)C)c1)c1ccccc1Cl. The van der Waals surface area contributed by atoms with E-state index in [1.807, 2.05) is 50.2 Å². The van der Waals surface area contributed by atoms with Crippen molar-refractivity contribution in [1.82, 2.24) is 5.32 Å². The Morgan fingerprint density at radius 2 is 1.88 bits per heavy atom. The Hall–Kier alpha value is -2.53. The third-order valence-electron chi connectivity index (χ3n) is 3.68. The summed E-state index contributed by atoms with van der Waals surface area (Å²) < 4.78 is 5.09. The zero-order chi connectivity index (χ0) is 18.4. The summed E-state index contributed by atoms with van der Waals surface area (Å²) in [6.07, 6.45) is 0. The average Bonchev–Trinajstić information content (AvgIpc) is 2.60. The molecule has 0 heterocycles. The second-order valence-corrected chi connectivity index (χ2v) is 6.24. The maximum absolute atomic E-state index is 12.1. The van der Waals surface area contributed by atoms with Crippen LogP contribution in [-0.2, 0) is 9.53 Å². The van der Waals surface area contributed by atoms with Gasteiger partial charge >= 0.3 is 5.97 Å². The molecule has 0 spiro atoms. The van der Waals surface area contributed by atoms with Crippen LogP contribution in [0.5, 0.6) is 0 Å². The first-order valence-corrected chi connectivity index (χ1v) is 8.24. The van der Waals surface area contributed by atoms with Gasteiger partial charge in [0.25, 0.3) is 5.91 Å². The van der Waals surface area contributed by atoms with Crippen LogP contribution in [0.25, 0.3) is 0 Å². The molecule has 2 aromatic carbocycles. The molecule has 0 radical (unpaired) electrons. The third-order valence-corrected chi connectivity index (χ3v) is 4.03. The molecule has 0 unspecified atom stereocenters. The summed E-state index contributed by atoms with van der Waals surface area (Å²) in [5.74, 6) is -0.922. The summed E-state index contributed by atoms with van der Waals surface area (Å²) in [6, 6.07) is 14.0. The zero-order valence-corrected chi connectivity index (χ0v) is 15.2. The Balaban J connectivity index is 1.90. The molecule has 132 valence electrons. The number of ether oxygens (including phenoxy) is 1. The molecule has 0 aliphatic rings. The Kier molecular flexibility index (Phi) is 6.42. The Morgan fingerprint density at radius 1 is 1.16 bits per heavy atom. The molecule has 1 atom stereocenters. The minimum Gasteiger partial charge on any atom is -0.452 e. The van der Waals surface area contributed by atoms with Crippen LogP contribution in [0.3, 0.4) is 0 Å². The van der Waals surface area contributed by atoms with Gasteiger partial charge in [-0.05, 0) is 36.8 Å². The van der Waals surface area contributed by atoms with Crippen molar-refractivity contribution in [2.75, 3.05) is 25.6 Å². The van der Waals surface area contributed by atoms with Crippen LogP contribution in [0.4, 0.5) is 5.69 Å². The van der Waals surface area contributed by atoms with Crippen molar-refractivity contribution in [3.05, 3.63) is 64.7 Å². The van der Waals surface area contributed by atoms with Crippen molar-refractivity contribution in [2.45, 2.75) is 13.0 Å². The number of carbonyl (C=O) groups excluding carboxylic acids is 2. The maximum Gasteiger partial charge on any atom is 0.338 e. The van der Waals surface area contributed by atoms with Gasteiger partial charge < -0.3 is 15.0 Å². The fourth-order valence-corrected chi connectivity index (χ4v) is 2.61. The van der Waals surface area contributed by atoms with Crippen LogP contribution in [0.2, 0.25) is 5.02 Å². The van der Waals surface area contributed by atoms with Crippen molar-refractivity contribution in [3.8, 4) is 0 Å². The van der Waals surface area contributed by atoms with Crippen LogP contribution in [0, 0.1) is 0 Å². The van der Waals surface area contributed by atoms with Crippen molar-refractivity contribution in [3.63, 3.8) is 0 Å². The van der Waals surface area contributed by atoms with Gasteiger partial charge in [0.1, 0.15) is 0 Å². The average molecular weight is 361 g/mol. The molecular weight excluding hydrogens is 340 g/mol. The fourth-order valence-electron chi connectivity index (χ4n) is 2.31. The molecule has 0 aliphatic carbocycles. The summed E-state index contributed by atoms with van der Waals surface area (Å²) in [6.45, 7) is 1.47. The van der Waals surface area contributed by atoms with E-state index in [1.165, 1.54) is 0 Å². The number of anilines is 1. The van der Waals surface area contributed by atoms with Gasteiger partial charge in [0.15, 0.2) is 6.61 Å². The third kappa shape index (κ3) is 5.22. The number of carbonyl (C=O) groups is 2. The van der Waals surface area contributed by atoms with Gasteiger partial charge in [-0.15, -0.1) is 0 Å². The van der Waals surface area contributed by atoms with Crippen molar-refractivity contribution in [1.29, 1.82) is 0 Å². The van der Waals surface area contributed by atoms with E-state index in [0.717, 1.165) is 11.3 Å². The lowest BCUT2D eigenvalue weighted by molar-refractivity contribution is -0.124. The van der Waals surface area contributed by atoms with Crippen LogP contribution in [0.1, 0.15) is 28.9 Å². The number of benzene rings is 2. The number of hydrogen-bond acceptors (Lipinski definition) is 4. The molecule has 0 bridgehead atoms. The molecule has 0 saturated carbocycles. The van der Waals surface area contributed by atoms with Crippen molar-refractivity contribution < 1.29 is 14.3 Å². The zero-order valence-electron chi connectivity index (χ0n) is 14.5. The second kappa shape index (κ2) is 8.53. The first kappa shape index (κ1) is 18.8. The predicted octanol–water partition coefficient (Wildman–Crippen LogP) is 3.44. The Labute approximate surface area is 152 Å². The lowest BCUT2D eigenvalue weighted by atomic mass is 10.1. The molecule has 0 saturated heterocycles. The fraction of sp³-hybridized carbons (Fsp3) is 0.263. The smallest absolute Gasteiger partial charge is 0.338 e. The minimum absolute atomic E-state index is 0.281. The number of halogens is 1. The highest BCUT2D eigenvalue weighted by Gasteiger charge is 2.15. The number of nitrogens with zero attached hydrogens (tertiary/aromatic N) is 1. The number of hydrogen-bond donors (Lipinski definition) is 1. The van der Waals surface area contributed by atoms with Gasteiger partial charge in [-0.3, -0.25) is 4.79 Å². The second-order valence-electron chi connectivity index (χ2n) is 5.83. The molecule has 25 heavy (non-hydrogen) atoms. The van der Waals surface area contributed by atoms with Crippen LogP contribution < -0.4 is 10.2 Å². The standard InChI is InChI=1S/C19H21ClN2O3/c1-13(16-9-4-5-10-17(16)20)21-18(23)12-25-19(24)14-7-6-8-15(11-14)22(2)3/h4-11,13H,12H2,1-3H3,(H,21,23)/t13-/m1/s1. The summed E-state index contributed by atoms with van der Waals surface area (Å²) in [7, 11) is 3.77. The van der Waals surface area contributed by atoms with Gasteiger partial charge in [-0.25, -0.2) is 4.79 Å². The molecule has 1 N–H and O–H groups in total. The van der Waals surface area contributed by atoms with E-state index >= 15 is 0 Å². The van der Waals surface area contributed by atoms with Crippen LogP contribution in [0.15, 0.2) is 48.5 Å². The number of esters is 1. The molecule has 2 rings (SSSR count). The molecule has 2 aromatic rings. The summed E-state index contributed by atoms with van der Waals surface area (Å²) in [5.41, 5.74) is 2.09. The monoisotopic (exact) mass is 360 g/mol. The van der Waals surface area contributed by atoms with E-state index in [-0.39, 0.29) is 18.6 Å². The first-order valence-electron chi connectivity index (χ1n) is 7.87. The molecule has 0 fully saturated rings. The van der Waals surface area contributed by atoms with Gasteiger partial charge in [0.2, 0.25) is 0 Å². The Morgan fingerprint density at radius 3 is 2.56 bits per heavy atom. The van der Waals surface area contributed by atoms with Crippen molar-refractivity contribution in [2.24, 2.45) is 0 Å². The molecule has 0 aromatic heterocycles. The number of amides is 1. The summed E-state index contributed by atoms with van der Waals surface area (Å²) in [4.78, 5) is 26.0. The molecule has 5 nitrogen and oxygen atoms in total. The van der Waals surface area contributed by atoms with Gasteiger partial charge in [-0.2, -0.15) is 0 Å². The molecule has 6 heteroatoms. The normalized spacial score (nSPS) is 11.5.